The molecule has 0 atom stereocenters. The molecule has 0 spiro atoms. The Kier molecular flexibility index (Phi) is 2.33. The third-order valence-electron chi connectivity index (χ3n) is 2.46. The van der Waals surface area contributed by atoms with Crippen molar-refractivity contribution >= 4 is 21.7 Å². The zero-order chi connectivity index (χ0) is 11.8. The summed E-state index contributed by atoms with van der Waals surface area (Å²) in [6, 6.07) is 7.11. The van der Waals surface area contributed by atoms with Crippen LogP contribution in [0, 0.1) is 0 Å². The number of para-hydroxylation sites is 1. The summed E-state index contributed by atoms with van der Waals surface area (Å²) in [4.78, 5) is 8.54. The minimum atomic E-state index is 0.218. The first-order valence-corrected chi connectivity index (χ1v) is 5.82. The van der Waals surface area contributed by atoms with Gasteiger partial charge in [-0.25, -0.2) is 9.97 Å². The van der Waals surface area contributed by atoms with Gasteiger partial charge in [0.25, 0.3) is 0 Å². The molecule has 0 bridgehead atoms. The topological polar surface area (TPSA) is 50.4 Å². The summed E-state index contributed by atoms with van der Waals surface area (Å²) < 4.78 is 2.69. The quantitative estimate of drug-likeness (QED) is 0.749. The number of halogens is 1. The van der Waals surface area contributed by atoms with Gasteiger partial charge in [0.05, 0.1) is 10.2 Å². The zero-order valence-corrected chi connectivity index (χ0v) is 10.3. The molecule has 4 nitrogen and oxygen atoms in total. The third-order valence-corrected chi connectivity index (χ3v) is 2.87. The smallest absolute Gasteiger partial charge is 0.234 e. The fraction of sp³-hybridized carbons (Fsp3) is 0. The Morgan fingerprint density at radius 2 is 2.00 bits per heavy atom. The molecule has 2 aromatic heterocycles. The van der Waals surface area contributed by atoms with Crippen molar-refractivity contribution in [3.05, 3.63) is 47.3 Å². The molecule has 0 saturated carbocycles. The van der Waals surface area contributed by atoms with Gasteiger partial charge in [-0.3, -0.25) is 4.40 Å². The van der Waals surface area contributed by atoms with Gasteiger partial charge in [-0.1, -0.05) is 12.1 Å². The molecule has 84 valence electrons. The summed E-state index contributed by atoms with van der Waals surface area (Å²) in [5.74, 6) is 0.821. The number of phenolic OH excluding ortho intramolecular Hbond substituents is 1. The van der Waals surface area contributed by atoms with Crippen LogP contribution in [-0.2, 0) is 0 Å². The molecule has 0 amide bonds. The van der Waals surface area contributed by atoms with Gasteiger partial charge in [0.2, 0.25) is 5.78 Å². The van der Waals surface area contributed by atoms with E-state index in [1.54, 1.807) is 18.3 Å². The van der Waals surface area contributed by atoms with Crippen LogP contribution in [0.15, 0.2) is 47.3 Å². The number of rotatable bonds is 1. The summed E-state index contributed by atoms with van der Waals surface area (Å²) in [6.45, 7) is 0. The maximum absolute atomic E-state index is 9.76. The number of imidazole rings is 1. The standard InChI is InChI=1S/C12H8BrN3O/c13-8-5-14-12-15-10(7-16(12)6-8)9-3-1-2-4-11(9)17/h1-7,17H. The van der Waals surface area contributed by atoms with E-state index in [-0.39, 0.29) is 5.75 Å². The van der Waals surface area contributed by atoms with Gasteiger partial charge >= 0.3 is 0 Å². The van der Waals surface area contributed by atoms with Gasteiger partial charge in [0.15, 0.2) is 0 Å². The lowest BCUT2D eigenvalue weighted by molar-refractivity contribution is 0.477. The van der Waals surface area contributed by atoms with E-state index in [1.165, 1.54) is 0 Å². The molecule has 3 rings (SSSR count). The van der Waals surface area contributed by atoms with Crippen molar-refractivity contribution in [2.24, 2.45) is 0 Å². The molecule has 1 aromatic carbocycles. The molecule has 0 aliphatic heterocycles. The lowest BCUT2D eigenvalue weighted by Gasteiger charge is -1.98. The van der Waals surface area contributed by atoms with E-state index in [1.807, 2.05) is 28.9 Å². The molecule has 0 unspecified atom stereocenters. The van der Waals surface area contributed by atoms with E-state index < -0.39 is 0 Å². The number of fused-ring (bicyclic) bond motifs is 1. The van der Waals surface area contributed by atoms with Crippen LogP contribution in [0.1, 0.15) is 0 Å². The van der Waals surface area contributed by atoms with Gasteiger partial charge < -0.3 is 5.11 Å². The fourth-order valence-corrected chi connectivity index (χ4v) is 2.00. The first-order chi connectivity index (χ1) is 8.24. The van der Waals surface area contributed by atoms with Gasteiger partial charge in [0, 0.05) is 24.2 Å². The molecule has 5 heteroatoms. The number of benzene rings is 1. The summed E-state index contributed by atoms with van der Waals surface area (Å²) in [6.07, 6.45) is 5.40. The van der Waals surface area contributed by atoms with Crippen LogP contribution in [0.4, 0.5) is 0 Å². The molecule has 0 fully saturated rings. The van der Waals surface area contributed by atoms with Crippen molar-refractivity contribution in [1.29, 1.82) is 0 Å². The van der Waals surface area contributed by atoms with E-state index in [2.05, 4.69) is 25.9 Å². The molecule has 17 heavy (non-hydrogen) atoms. The zero-order valence-electron chi connectivity index (χ0n) is 8.71. The largest absolute Gasteiger partial charge is 0.507 e. The SMILES string of the molecule is Oc1ccccc1-c1cn2cc(Br)cnc2n1. The highest BCUT2D eigenvalue weighted by Crippen LogP contribution is 2.27. The monoisotopic (exact) mass is 289 g/mol. The number of phenols is 1. The minimum absolute atomic E-state index is 0.218. The first kappa shape index (κ1) is 10.3. The van der Waals surface area contributed by atoms with Gasteiger partial charge in [0.1, 0.15) is 5.75 Å². The summed E-state index contributed by atoms with van der Waals surface area (Å²) in [5, 5.41) is 9.76. The van der Waals surface area contributed by atoms with Crippen LogP contribution in [-0.4, -0.2) is 19.5 Å². The predicted octanol–water partition coefficient (Wildman–Crippen LogP) is 2.86. The van der Waals surface area contributed by atoms with Crippen molar-refractivity contribution in [2.45, 2.75) is 0 Å². The van der Waals surface area contributed by atoms with Crippen LogP contribution in [0.3, 0.4) is 0 Å². The predicted molar refractivity (Wildman–Crippen MR) is 67.8 cm³/mol. The summed E-state index contributed by atoms with van der Waals surface area (Å²) in [7, 11) is 0. The Bertz CT molecular complexity index is 693. The maximum atomic E-state index is 9.76. The van der Waals surface area contributed by atoms with E-state index >= 15 is 0 Å². The highest BCUT2D eigenvalue weighted by Gasteiger charge is 2.08. The normalized spacial score (nSPS) is 10.9. The van der Waals surface area contributed by atoms with Gasteiger partial charge in [-0.15, -0.1) is 0 Å². The number of hydrogen-bond donors (Lipinski definition) is 1. The summed E-state index contributed by atoms with van der Waals surface area (Å²) in [5.41, 5.74) is 1.41. The molecular weight excluding hydrogens is 282 g/mol. The number of aromatic nitrogens is 3. The number of aromatic hydroxyl groups is 1. The Balaban J connectivity index is 2.22. The van der Waals surface area contributed by atoms with Crippen molar-refractivity contribution in [1.82, 2.24) is 14.4 Å². The Hall–Kier alpha value is -1.88. The van der Waals surface area contributed by atoms with Crippen molar-refractivity contribution in [3.8, 4) is 17.0 Å². The third kappa shape index (κ3) is 1.78. The molecule has 0 aliphatic carbocycles. The van der Waals surface area contributed by atoms with Gasteiger partial charge in [-0.2, -0.15) is 0 Å². The average Bonchev–Trinajstić information content (AvgIpc) is 2.72. The van der Waals surface area contributed by atoms with Crippen molar-refractivity contribution < 1.29 is 5.11 Å². The Morgan fingerprint density at radius 3 is 2.82 bits per heavy atom. The highest BCUT2D eigenvalue weighted by atomic mass is 79.9. The molecule has 3 aromatic rings. The van der Waals surface area contributed by atoms with E-state index in [0.29, 0.717) is 17.0 Å². The number of nitrogens with zero attached hydrogens (tertiary/aromatic N) is 3. The van der Waals surface area contributed by atoms with Gasteiger partial charge in [-0.05, 0) is 28.1 Å². The van der Waals surface area contributed by atoms with Crippen LogP contribution >= 0.6 is 15.9 Å². The van der Waals surface area contributed by atoms with Crippen LogP contribution < -0.4 is 0 Å². The van der Waals surface area contributed by atoms with E-state index in [4.69, 9.17) is 0 Å². The van der Waals surface area contributed by atoms with E-state index in [9.17, 15) is 5.11 Å². The molecular formula is C12H8BrN3O. The van der Waals surface area contributed by atoms with Crippen molar-refractivity contribution in [3.63, 3.8) is 0 Å². The van der Waals surface area contributed by atoms with Crippen LogP contribution in [0.2, 0.25) is 0 Å². The van der Waals surface area contributed by atoms with Crippen LogP contribution in [0.25, 0.3) is 17.0 Å². The molecule has 0 radical (unpaired) electrons. The fourth-order valence-electron chi connectivity index (χ4n) is 1.68. The molecule has 1 N–H and O–H groups in total. The Labute approximate surface area is 106 Å². The second kappa shape index (κ2) is 3.85. The average molecular weight is 290 g/mol. The number of hydrogen-bond acceptors (Lipinski definition) is 3. The second-order valence-electron chi connectivity index (χ2n) is 3.62. The lowest BCUT2D eigenvalue weighted by atomic mass is 10.1. The first-order valence-electron chi connectivity index (χ1n) is 5.02. The lowest BCUT2D eigenvalue weighted by Crippen LogP contribution is -1.85. The van der Waals surface area contributed by atoms with Crippen LogP contribution in [0.5, 0.6) is 5.75 Å². The molecule has 0 aliphatic rings. The minimum Gasteiger partial charge on any atom is -0.507 e. The van der Waals surface area contributed by atoms with Crippen molar-refractivity contribution in [2.75, 3.05) is 0 Å². The molecule has 2 heterocycles. The highest BCUT2D eigenvalue weighted by molar-refractivity contribution is 9.10. The molecule has 0 saturated heterocycles. The van der Waals surface area contributed by atoms with E-state index in [0.717, 1.165) is 4.47 Å². The Morgan fingerprint density at radius 1 is 1.18 bits per heavy atom. The second-order valence-corrected chi connectivity index (χ2v) is 4.54. The summed E-state index contributed by atoms with van der Waals surface area (Å²) >= 11 is 3.35. The maximum Gasteiger partial charge on any atom is 0.234 e.